The molecule has 1 unspecified atom stereocenters. The van der Waals surface area contributed by atoms with Crippen LogP contribution in [0.5, 0.6) is 0 Å². The Labute approximate surface area is 137 Å². The third kappa shape index (κ3) is 10.5. The van der Waals surface area contributed by atoms with Gasteiger partial charge in [-0.25, -0.2) is 4.79 Å². The highest BCUT2D eigenvalue weighted by Crippen LogP contribution is 2.13. The number of rotatable bonds is 4. The molecule has 1 heterocycles. The minimum Gasteiger partial charge on any atom is -0.483 e. The van der Waals surface area contributed by atoms with Crippen molar-refractivity contribution in [2.45, 2.75) is 39.7 Å². The summed E-state index contributed by atoms with van der Waals surface area (Å²) in [5, 5.41) is 15.6. The maximum Gasteiger partial charge on any atom is 0.410 e. The molecule has 2 N–H and O–H groups in total. The molecule has 1 aliphatic rings. The van der Waals surface area contributed by atoms with Gasteiger partial charge in [0.1, 0.15) is 5.60 Å². The van der Waals surface area contributed by atoms with E-state index in [1.54, 1.807) is 4.90 Å². The Bertz CT molecular complexity index is 386. The Morgan fingerprint density at radius 2 is 1.70 bits per heavy atom. The van der Waals surface area contributed by atoms with Crippen molar-refractivity contribution in [2.75, 3.05) is 32.7 Å². The molecule has 8 heteroatoms. The number of amides is 1. The van der Waals surface area contributed by atoms with Gasteiger partial charge in [0.15, 0.2) is 0 Å². The van der Waals surface area contributed by atoms with Crippen molar-refractivity contribution in [1.29, 1.82) is 0 Å². The highest BCUT2D eigenvalue weighted by Gasteiger charge is 2.26. The van der Waals surface area contributed by atoms with E-state index in [1.807, 2.05) is 27.7 Å². The van der Waals surface area contributed by atoms with Crippen molar-refractivity contribution in [3.05, 3.63) is 0 Å². The fourth-order valence-corrected chi connectivity index (χ4v) is 2.24. The molecule has 8 nitrogen and oxygen atoms in total. The summed E-state index contributed by atoms with van der Waals surface area (Å²) in [5.74, 6) is -0.634. The van der Waals surface area contributed by atoms with Crippen LogP contribution in [0.2, 0.25) is 0 Å². The number of carboxylic acid groups (broad SMARTS) is 2. The van der Waals surface area contributed by atoms with Crippen LogP contribution in [0, 0.1) is 5.92 Å². The molecule has 1 fully saturated rings. The van der Waals surface area contributed by atoms with Crippen LogP contribution in [0.1, 0.15) is 34.1 Å². The zero-order valence-corrected chi connectivity index (χ0v) is 14.3. The molecule has 134 valence electrons. The second-order valence-corrected chi connectivity index (χ2v) is 6.58. The molecule has 0 spiro atoms. The molecule has 0 bridgehead atoms. The number of ether oxygens (including phenoxy) is 1. The molecule has 0 saturated carbocycles. The zero-order valence-electron chi connectivity index (χ0n) is 14.3. The van der Waals surface area contributed by atoms with Gasteiger partial charge in [-0.3, -0.25) is 14.5 Å². The van der Waals surface area contributed by atoms with Gasteiger partial charge >= 0.3 is 12.1 Å². The van der Waals surface area contributed by atoms with Gasteiger partial charge in [0, 0.05) is 39.1 Å². The minimum absolute atomic E-state index is 0.126. The summed E-state index contributed by atoms with van der Waals surface area (Å²) in [6.07, 6.45) is -0.0811. The average Bonchev–Trinajstić information content (AvgIpc) is 2.37. The molecule has 0 radical (unpaired) electrons. The van der Waals surface area contributed by atoms with Crippen molar-refractivity contribution in [2.24, 2.45) is 5.92 Å². The third-order valence-corrected chi connectivity index (χ3v) is 3.12. The summed E-state index contributed by atoms with van der Waals surface area (Å²) in [5.41, 5.74) is -0.468. The van der Waals surface area contributed by atoms with Gasteiger partial charge in [-0.15, -0.1) is 0 Å². The Morgan fingerprint density at radius 1 is 1.22 bits per heavy atom. The number of piperazine rings is 1. The molecule has 1 amide bonds. The molecule has 1 atom stereocenters. The van der Waals surface area contributed by atoms with Gasteiger partial charge in [-0.1, -0.05) is 6.92 Å². The second-order valence-electron chi connectivity index (χ2n) is 6.58. The molecule has 1 aliphatic heterocycles. The zero-order chi connectivity index (χ0) is 18.0. The fraction of sp³-hybridized carbons (Fsp3) is 0.800. The van der Waals surface area contributed by atoms with E-state index in [9.17, 15) is 9.59 Å². The smallest absolute Gasteiger partial charge is 0.410 e. The lowest BCUT2D eigenvalue weighted by Crippen LogP contribution is -2.50. The Hall–Kier alpha value is -1.83. The van der Waals surface area contributed by atoms with Crippen LogP contribution in [0.15, 0.2) is 0 Å². The lowest BCUT2D eigenvalue weighted by molar-refractivity contribution is -0.138. The largest absolute Gasteiger partial charge is 0.483 e. The maximum absolute atomic E-state index is 11.9. The molecule has 1 rings (SSSR count). The average molecular weight is 332 g/mol. The van der Waals surface area contributed by atoms with E-state index in [0.717, 1.165) is 19.6 Å². The molecule has 0 aromatic rings. The molecule has 1 saturated heterocycles. The van der Waals surface area contributed by atoms with Gasteiger partial charge in [-0.05, 0) is 26.7 Å². The van der Waals surface area contributed by atoms with Gasteiger partial charge < -0.3 is 19.8 Å². The van der Waals surface area contributed by atoms with Crippen LogP contribution in [0.4, 0.5) is 4.79 Å². The quantitative estimate of drug-likeness (QED) is 0.748. The number of carbonyl (C=O) groups excluding carboxylic acids is 1. The number of aliphatic carboxylic acids is 1. The first-order valence-electron chi connectivity index (χ1n) is 7.59. The molecule has 23 heavy (non-hydrogen) atoms. The molecular formula is C15H28N2O6. The van der Waals surface area contributed by atoms with E-state index in [2.05, 4.69) is 4.90 Å². The number of carboxylic acids is 1. The van der Waals surface area contributed by atoms with Gasteiger partial charge in [0.2, 0.25) is 0 Å². The van der Waals surface area contributed by atoms with E-state index in [1.165, 1.54) is 0 Å². The SMILES string of the molecule is CC(CC(=O)O)CN1CCN(C(=O)OC(C)(C)C)CC1.O=CO. The van der Waals surface area contributed by atoms with Crippen LogP contribution in [0.25, 0.3) is 0 Å². The van der Waals surface area contributed by atoms with E-state index >= 15 is 0 Å². The lowest BCUT2D eigenvalue weighted by atomic mass is 10.1. The van der Waals surface area contributed by atoms with Gasteiger partial charge in [0.25, 0.3) is 6.47 Å². The standard InChI is InChI=1S/C14H26N2O4.CH2O2/c1-11(9-12(17)18)10-15-5-7-16(8-6-15)13(19)20-14(2,3)4;2-1-3/h11H,5-10H2,1-4H3,(H,17,18);1H,(H,2,3). The van der Waals surface area contributed by atoms with E-state index in [0.29, 0.717) is 13.1 Å². The predicted molar refractivity (Wildman–Crippen MR) is 84.4 cm³/mol. The van der Waals surface area contributed by atoms with Crippen molar-refractivity contribution >= 4 is 18.5 Å². The van der Waals surface area contributed by atoms with E-state index in [4.69, 9.17) is 19.7 Å². The Balaban J connectivity index is 0.00000149. The van der Waals surface area contributed by atoms with Crippen LogP contribution in [-0.4, -0.2) is 76.9 Å². The molecule has 0 aromatic carbocycles. The fourth-order valence-electron chi connectivity index (χ4n) is 2.24. The summed E-state index contributed by atoms with van der Waals surface area (Å²) in [6.45, 7) is 10.8. The monoisotopic (exact) mass is 332 g/mol. The van der Waals surface area contributed by atoms with Crippen LogP contribution in [-0.2, 0) is 14.3 Å². The van der Waals surface area contributed by atoms with E-state index in [-0.39, 0.29) is 24.9 Å². The van der Waals surface area contributed by atoms with Crippen LogP contribution < -0.4 is 0 Å². The minimum atomic E-state index is -0.759. The van der Waals surface area contributed by atoms with Gasteiger partial charge in [-0.2, -0.15) is 0 Å². The number of hydrogen-bond acceptors (Lipinski definition) is 5. The van der Waals surface area contributed by atoms with Crippen molar-refractivity contribution in [3.63, 3.8) is 0 Å². The van der Waals surface area contributed by atoms with Crippen molar-refractivity contribution in [3.8, 4) is 0 Å². The third-order valence-electron chi connectivity index (χ3n) is 3.12. The van der Waals surface area contributed by atoms with Crippen molar-refractivity contribution < 1.29 is 29.3 Å². The number of nitrogens with zero attached hydrogens (tertiary/aromatic N) is 2. The molecule has 0 aliphatic carbocycles. The second kappa shape index (κ2) is 10.0. The highest BCUT2D eigenvalue weighted by molar-refractivity contribution is 5.68. The van der Waals surface area contributed by atoms with E-state index < -0.39 is 11.6 Å². The first kappa shape index (κ1) is 21.2. The molecule has 0 aromatic heterocycles. The summed E-state index contributed by atoms with van der Waals surface area (Å²) in [4.78, 5) is 34.8. The summed E-state index contributed by atoms with van der Waals surface area (Å²) < 4.78 is 5.34. The molecular weight excluding hydrogens is 304 g/mol. The first-order chi connectivity index (χ1) is 10.6. The first-order valence-corrected chi connectivity index (χ1v) is 7.59. The topological polar surface area (TPSA) is 107 Å². The normalized spacial score (nSPS) is 16.8. The Morgan fingerprint density at radius 3 is 2.09 bits per heavy atom. The highest BCUT2D eigenvalue weighted by atomic mass is 16.6. The number of hydrogen-bond donors (Lipinski definition) is 2. The lowest BCUT2D eigenvalue weighted by Gasteiger charge is -2.36. The van der Waals surface area contributed by atoms with Crippen molar-refractivity contribution in [1.82, 2.24) is 9.80 Å². The van der Waals surface area contributed by atoms with Crippen LogP contribution >= 0.6 is 0 Å². The number of carbonyl (C=O) groups is 3. The maximum atomic E-state index is 11.9. The summed E-state index contributed by atoms with van der Waals surface area (Å²) in [7, 11) is 0. The summed E-state index contributed by atoms with van der Waals surface area (Å²) in [6, 6.07) is 0. The van der Waals surface area contributed by atoms with Crippen LogP contribution in [0.3, 0.4) is 0 Å². The predicted octanol–water partition coefficient (Wildman–Crippen LogP) is 1.35. The van der Waals surface area contributed by atoms with Gasteiger partial charge in [0.05, 0.1) is 0 Å². The Kier molecular flexibility index (Phi) is 9.24. The summed E-state index contributed by atoms with van der Waals surface area (Å²) >= 11 is 0.